The van der Waals surface area contributed by atoms with Gasteiger partial charge in [0.15, 0.2) is 0 Å². The minimum absolute atomic E-state index is 0.0211. The molecule has 7 heteroatoms. The summed E-state index contributed by atoms with van der Waals surface area (Å²) in [7, 11) is -3.16. The topological polar surface area (TPSA) is 66.9 Å². The number of sulfonamides is 1. The van der Waals surface area contributed by atoms with Crippen molar-refractivity contribution in [2.24, 2.45) is 0 Å². The van der Waals surface area contributed by atoms with Crippen molar-refractivity contribution in [1.29, 1.82) is 0 Å². The Hall–Kier alpha value is -0.660. The highest BCUT2D eigenvalue weighted by molar-refractivity contribution is 7.88. The van der Waals surface area contributed by atoms with Gasteiger partial charge in [-0.2, -0.15) is 0 Å². The number of amides is 1. The van der Waals surface area contributed by atoms with E-state index in [1.807, 2.05) is 0 Å². The second-order valence-corrected chi connectivity index (χ2v) is 7.60. The van der Waals surface area contributed by atoms with Gasteiger partial charge in [0.1, 0.15) is 6.61 Å². The van der Waals surface area contributed by atoms with Crippen molar-refractivity contribution in [3.05, 3.63) is 0 Å². The van der Waals surface area contributed by atoms with Crippen molar-refractivity contribution >= 4 is 15.9 Å². The van der Waals surface area contributed by atoms with E-state index < -0.39 is 10.0 Å². The highest BCUT2D eigenvalue weighted by Gasteiger charge is 2.24. The van der Waals surface area contributed by atoms with Gasteiger partial charge < -0.3 is 9.64 Å². The molecule has 0 aromatic rings. The molecule has 0 aromatic carbocycles. The van der Waals surface area contributed by atoms with Crippen LogP contribution < -0.4 is 0 Å². The maximum atomic E-state index is 12.1. The molecule has 0 spiro atoms. The Balaban J connectivity index is 1.78. The van der Waals surface area contributed by atoms with Crippen molar-refractivity contribution < 1.29 is 17.9 Å². The van der Waals surface area contributed by atoms with Gasteiger partial charge in [0.25, 0.3) is 0 Å². The average molecular weight is 304 g/mol. The summed E-state index contributed by atoms with van der Waals surface area (Å²) in [5, 5.41) is 0. The van der Waals surface area contributed by atoms with Gasteiger partial charge in [-0.1, -0.05) is 12.8 Å². The Labute approximate surface area is 121 Å². The summed E-state index contributed by atoms with van der Waals surface area (Å²) in [5.41, 5.74) is 0. The van der Waals surface area contributed by atoms with Crippen molar-refractivity contribution in [2.75, 3.05) is 39.0 Å². The number of carbonyl (C=O) groups is 1. The first-order valence-corrected chi connectivity index (χ1v) is 9.16. The molecule has 6 nitrogen and oxygen atoms in total. The lowest BCUT2D eigenvalue weighted by Gasteiger charge is -2.22. The van der Waals surface area contributed by atoms with Crippen LogP contribution in [0.2, 0.25) is 0 Å². The Bertz CT molecular complexity index is 432. The number of rotatable bonds is 4. The molecule has 116 valence electrons. The minimum Gasteiger partial charge on any atom is -0.368 e. The fourth-order valence-electron chi connectivity index (χ4n) is 2.81. The van der Waals surface area contributed by atoms with Gasteiger partial charge in [0, 0.05) is 26.2 Å². The lowest BCUT2D eigenvalue weighted by molar-refractivity contribution is -0.137. The molecule has 1 aliphatic carbocycles. The summed E-state index contributed by atoms with van der Waals surface area (Å²) in [6, 6.07) is 0. The van der Waals surface area contributed by atoms with Gasteiger partial charge in [-0.3, -0.25) is 4.79 Å². The molecule has 1 saturated carbocycles. The molecule has 0 N–H and O–H groups in total. The van der Waals surface area contributed by atoms with Gasteiger partial charge >= 0.3 is 0 Å². The SMILES string of the molecule is CS(=O)(=O)N1CCCN(C(=O)COC2CCCC2)CC1. The third-order valence-corrected chi connectivity index (χ3v) is 5.32. The zero-order valence-corrected chi connectivity index (χ0v) is 12.9. The molecule has 2 aliphatic rings. The predicted molar refractivity (Wildman–Crippen MR) is 75.8 cm³/mol. The lowest BCUT2D eigenvalue weighted by Crippen LogP contribution is -2.39. The largest absolute Gasteiger partial charge is 0.368 e. The molecule has 0 unspecified atom stereocenters. The third kappa shape index (κ3) is 4.43. The predicted octanol–water partition coefficient (Wildman–Crippen LogP) is 0.440. The maximum Gasteiger partial charge on any atom is 0.248 e. The molecule has 0 aromatic heterocycles. The van der Waals surface area contributed by atoms with E-state index in [4.69, 9.17) is 4.74 Å². The van der Waals surface area contributed by atoms with Gasteiger partial charge in [-0.05, 0) is 19.3 Å². The van der Waals surface area contributed by atoms with Crippen LogP contribution >= 0.6 is 0 Å². The van der Waals surface area contributed by atoms with Crippen LogP contribution in [0, 0.1) is 0 Å². The first-order chi connectivity index (χ1) is 9.47. The summed E-state index contributed by atoms with van der Waals surface area (Å²) < 4.78 is 30.1. The summed E-state index contributed by atoms with van der Waals surface area (Å²) >= 11 is 0. The van der Waals surface area contributed by atoms with Crippen molar-refractivity contribution in [3.8, 4) is 0 Å². The van der Waals surface area contributed by atoms with Gasteiger partial charge in [0.2, 0.25) is 15.9 Å². The van der Waals surface area contributed by atoms with Crippen molar-refractivity contribution in [2.45, 2.75) is 38.2 Å². The van der Waals surface area contributed by atoms with E-state index in [1.165, 1.54) is 23.4 Å². The van der Waals surface area contributed by atoms with Crippen LogP contribution in [0.3, 0.4) is 0 Å². The van der Waals surface area contributed by atoms with Crippen LogP contribution in [-0.4, -0.2) is 68.7 Å². The van der Waals surface area contributed by atoms with E-state index in [9.17, 15) is 13.2 Å². The van der Waals surface area contributed by atoms with Crippen LogP contribution in [0.25, 0.3) is 0 Å². The molecule has 0 radical (unpaired) electrons. The fraction of sp³-hybridized carbons (Fsp3) is 0.923. The van der Waals surface area contributed by atoms with E-state index >= 15 is 0 Å². The Morgan fingerprint density at radius 3 is 2.45 bits per heavy atom. The minimum atomic E-state index is -3.16. The summed E-state index contributed by atoms with van der Waals surface area (Å²) in [6.07, 6.45) is 6.61. The Morgan fingerprint density at radius 1 is 1.10 bits per heavy atom. The highest BCUT2D eigenvalue weighted by Crippen LogP contribution is 2.20. The third-order valence-electron chi connectivity index (χ3n) is 4.02. The second-order valence-electron chi connectivity index (χ2n) is 5.61. The molecular weight excluding hydrogens is 280 g/mol. The van der Waals surface area contributed by atoms with Crippen LogP contribution in [-0.2, 0) is 19.6 Å². The lowest BCUT2D eigenvalue weighted by atomic mass is 10.3. The number of nitrogens with zero attached hydrogens (tertiary/aromatic N) is 2. The summed E-state index contributed by atoms with van der Waals surface area (Å²) in [4.78, 5) is 13.8. The van der Waals surface area contributed by atoms with Gasteiger partial charge in [-0.25, -0.2) is 12.7 Å². The molecular formula is C13H24N2O4S. The van der Waals surface area contributed by atoms with E-state index in [1.54, 1.807) is 4.90 Å². The Morgan fingerprint density at radius 2 is 1.80 bits per heavy atom. The van der Waals surface area contributed by atoms with Crippen LogP contribution in [0.15, 0.2) is 0 Å². The first-order valence-electron chi connectivity index (χ1n) is 7.31. The zero-order chi connectivity index (χ0) is 14.6. The molecule has 1 amide bonds. The molecule has 1 aliphatic heterocycles. The van der Waals surface area contributed by atoms with Crippen LogP contribution in [0.5, 0.6) is 0 Å². The number of hydrogen-bond acceptors (Lipinski definition) is 4. The molecule has 2 rings (SSSR count). The van der Waals surface area contributed by atoms with Crippen LogP contribution in [0.1, 0.15) is 32.1 Å². The van der Waals surface area contributed by atoms with E-state index in [-0.39, 0.29) is 18.6 Å². The van der Waals surface area contributed by atoms with Crippen molar-refractivity contribution in [1.82, 2.24) is 9.21 Å². The molecule has 1 heterocycles. The second kappa shape index (κ2) is 6.87. The van der Waals surface area contributed by atoms with Gasteiger partial charge in [0.05, 0.1) is 12.4 Å². The molecule has 2 fully saturated rings. The summed E-state index contributed by atoms with van der Waals surface area (Å²) in [6.45, 7) is 2.07. The molecule has 0 bridgehead atoms. The zero-order valence-electron chi connectivity index (χ0n) is 12.1. The smallest absolute Gasteiger partial charge is 0.248 e. The Kier molecular flexibility index (Phi) is 5.40. The first kappa shape index (κ1) is 15.7. The molecule has 1 saturated heterocycles. The molecule has 0 atom stereocenters. The normalized spacial score (nSPS) is 22.9. The monoisotopic (exact) mass is 304 g/mol. The maximum absolute atomic E-state index is 12.1. The summed E-state index contributed by atoms with van der Waals surface area (Å²) in [5.74, 6) is -0.0211. The van der Waals surface area contributed by atoms with Crippen molar-refractivity contribution in [3.63, 3.8) is 0 Å². The number of carbonyl (C=O) groups excluding carboxylic acids is 1. The molecule has 20 heavy (non-hydrogen) atoms. The number of hydrogen-bond donors (Lipinski definition) is 0. The van der Waals surface area contributed by atoms with E-state index in [2.05, 4.69) is 0 Å². The average Bonchev–Trinajstić information content (AvgIpc) is 2.76. The van der Waals surface area contributed by atoms with E-state index in [0.29, 0.717) is 32.6 Å². The fourth-order valence-corrected chi connectivity index (χ4v) is 3.68. The highest BCUT2D eigenvalue weighted by atomic mass is 32.2. The standard InChI is InChI=1S/C13H24N2O4S/c1-20(17,18)15-8-4-7-14(9-10-15)13(16)11-19-12-5-2-3-6-12/h12H,2-11H2,1H3. The van der Waals surface area contributed by atoms with E-state index in [0.717, 1.165) is 12.8 Å². The quantitative estimate of drug-likeness (QED) is 0.756. The van der Waals surface area contributed by atoms with Crippen LogP contribution in [0.4, 0.5) is 0 Å². The van der Waals surface area contributed by atoms with Gasteiger partial charge in [-0.15, -0.1) is 0 Å². The number of ether oxygens (including phenoxy) is 1.